The molecule has 1 nitrogen and oxygen atoms in total. The average molecular weight is 212 g/mol. The second-order valence-corrected chi connectivity index (χ2v) is 4.42. The molecule has 0 heterocycles. The Morgan fingerprint density at radius 3 is 2.21 bits per heavy atom. The van der Waals surface area contributed by atoms with Crippen molar-refractivity contribution in [1.82, 2.24) is 0 Å². The second-order valence-electron chi connectivity index (χ2n) is 3.98. The second kappa shape index (κ2) is 5.38. The van der Waals surface area contributed by atoms with Crippen molar-refractivity contribution >= 4 is 11.6 Å². The Balaban J connectivity index is 2.82. The highest BCUT2D eigenvalue weighted by Gasteiger charge is 2.14. The minimum Gasteiger partial charge on any atom is -0.330 e. The Bertz CT molecular complexity index is 266. The minimum absolute atomic E-state index is 0.553. The smallest absolute Gasteiger partial charge is 0.0406 e. The fourth-order valence-corrected chi connectivity index (χ4v) is 1.90. The van der Waals surface area contributed by atoms with E-state index in [1.165, 1.54) is 5.56 Å². The van der Waals surface area contributed by atoms with Crippen LogP contribution < -0.4 is 5.73 Å². The Hall–Kier alpha value is -0.530. The first-order valence-corrected chi connectivity index (χ1v) is 5.48. The lowest BCUT2D eigenvalue weighted by Gasteiger charge is -2.20. The van der Waals surface area contributed by atoms with Crippen LogP contribution in [0.15, 0.2) is 24.3 Å². The Labute approximate surface area is 91.3 Å². The van der Waals surface area contributed by atoms with E-state index >= 15 is 0 Å². The van der Waals surface area contributed by atoms with Gasteiger partial charge >= 0.3 is 0 Å². The van der Waals surface area contributed by atoms with Crippen LogP contribution in [0.25, 0.3) is 0 Å². The summed E-state index contributed by atoms with van der Waals surface area (Å²) in [6, 6.07) is 8.09. The summed E-state index contributed by atoms with van der Waals surface area (Å²) in [5.41, 5.74) is 6.95. The monoisotopic (exact) mass is 211 g/mol. The van der Waals surface area contributed by atoms with Crippen LogP contribution >= 0.6 is 11.6 Å². The van der Waals surface area contributed by atoms with E-state index in [4.69, 9.17) is 17.3 Å². The topological polar surface area (TPSA) is 26.0 Å². The molecule has 0 aliphatic heterocycles. The summed E-state index contributed by atoms with van der Waals surface area (Å²) in [4.78, 5) is 0. The molecule has 1 aromatic carbocycles. The van der Waals surface area contributed by atoms with E-state index in [2.05, 4.69) is 26.0 Å². The van der Waals surface area contributed by atoms with Crippen LogP contribution in [0, 0.1) is 5.92 Å². The largest absolute Gasteiger partial charge is 0.330 e. The first-order chi connectivity index (χ1) is 6.65. The number of rotatable bonds is 4. The minimum atomic E-state index is 0.553. The van der Waals surface area contributed by atoms with Crippen LogP contribution in [0.3, 0.4) is 0 Å². The number of nitrogens with two attached hydrogens (primary N) is 1. The van der Waals surface area contributed by atoms with Crippen molar-refractivity contribution in [2.24, 2.45) is 11.7 Å². The summed E-state index contributed by atoms with van der Waals surface area (Å²) >= 11 is 5.85. The summed E-state index contributed by atoms with van der Waals surface area (Å²) in [6.45, 7) is 5.20. The van der Waals surface area contributed by atoms with E-state index in [9.17, 15) is 0 Å². The van der Waals surface area contributed by atoms with Crippen molar-refractivity contribution < 1.29 is 0 Å². The Kier molecular flexibility index (Phi) is 4.43. The molecule has 1 rings (SSSR count). The van der Waals surface area contributed by atoms with Crippen LogP contribution in [0.4, 0.5) is 0 Å². The van der Waals surface area contributed by atoms with Gasteiger partial charge in [-0.2, -0.15) is 0 Å². The van der Waals surface area contributed by atoms with Gasteiger partial charge in [0.1, 0.15) is 0 Å². The lowest BCUT2D eigenvalue weighted by molar-refractivity contribution is 0.473. The normalized spacial score (nSPS) is 13.2. The lowest BCUT2D eigenvalue weighted by Crippen LogP contribution is -2.12. The summed E-state index contributed by atoms with van der Waals surface area (Å²) in [5.74, 6) is 1.18. The summed E-state index contributed by atoms with van der Waals surface area (Å²) in [5, 5.41) is 0.795. The van der Waals surface area contributed by atoms with Crippen molar-refractivity contribution in [3.63, 3.8) is 0 Å². The Morgan fingerprint density at radius 2 is 1.79 bits per heavy atom. The van der Waals surface area contributed by atoms with Gasteiger partial charge in [-0.05, 0) is 42.5 Å². The third-order valence-electron chi connectivity index (χ3n) is 2.58. The zero-order chi connectivity index (χ0) is 10.6. The van der Waals surface area contributed by atoms with Gasteiger partial charge in [-0.25, -0.2) is 0 Å². The Morgan fingerprint density at radius 1 is 1.21 bits per heavy atom. The first-order valence-electron chi connectivity index (χ1n) is 5.10. The zero-order valence-electron chi connectivity index (χ0n) is 8.83. The van der Waals surface area contributed by atoms with E-state index in [0.29, 0.717) is 11.8 Å². The number of hydrogen-bond donors (Lipinski definition) is 1. The molecule has 0 radical (unpaired) electrons. The average Bonchev–Trinajstić information content (AvgIpc) is 2.15. The standard InChI is InChI=1S/C12H18ClN/c1-9(2)12(7-8-14)10-3-5-11(13)6-4-10/h3-6,9,12H,7-8,14H2,1-2H3/t12-/m1/s1. The van der Waals surface area contributed by atoms with Crippen LogP contribution in [0.2, 0.25) is 5.02 Å². The molecule has 0 amide bonds. The quantitative estimate of drug-likeness (QED) is 0.812. The van der Waals surface area contributed by atoms with Crippen LogP contribution in [0.5, 0.6) is 0 Å². The SMILES string of the molecule is CC(C)[C@@H](CCN)c1ccc(Cl)cc1. The van der Waals surface area contributed by atoms with E-state index in [1.807, 2.05) is 12.1 Å². The third kappa shape index (κ3) is 3.00. The molecule has 0 spiro atoms. The summed E-state index contributed by atoms with van der Waals surface area (Å²) in [6.07, 6.45) is 1.04. The van der Waals surface area contributed by atoms with Gasteiger partial charge in [-0.1, -0.05) is 37.6 Å². The van der Waals surface area contributed by atoms with Crippen LogP contribution in [-0.2, 0) is 0 Å². The van der Waals surface area contributed by atoms with Crippen molar-refractivity contribution in [2.45, 2.75) is 26.2 Å². The van der Waals surface area contributed by atoms with Gasteiger partial charge in [0.25, 0.3) is 0 Å². The highest BCUT2D eigenvalue weighted by atomic mass is 35.5. The fourth-order valence-electron chi connectivity index (χ4n) is 1.77. The van der Waals surface area contributed by atoms with Crippen molar-refractivity contribution in [3.05, 3.63) is 34.9 Å². The van der Waals surface area contributed by atoms with Gasteiger partial charge in [-0.15, -0.1) is 0 Å². The van der Waals surface area contributed by atoms with Crippen molar-refractivity contribution in [3.8, 4) is 0 Å². The maximum atomic E-state index is 5.85. The fraction of sp³-hybridized carbons (Fsp3) is 0.500. The van der Waals surface area contributed by atoms with Crippen LogP contribution in [-0.4, -0.2) is 6.54 Å². The molecule has 0 fully saturated rings. The molecule has 0 aliphatic carbocycles. The lowest BCUT2D eigenvalue weighted by atomic mass is 9.86. The van der Waals surface area contributed by atoms with Crippen molar-refractivity contribution in [2.75, 3.05) is 6.54 Å². The van der Waals surface area contributed by atoms with Gasteiger partial charge in [0.2, 0.25) is 0 Å². The third-order valence-corrected chi connectivity index (χ3v) is 2.83. The number of hydrogen-bond acceptors (Lipinski definition) is 1. The molecule has 0 saturated carbocycles. The first kappa shape index (κ1) is 11.5. The number of benzene rings is 1. The predicted molar refractivity (Wildman–Crippen MR) is 62.7 cm³/mol. The molecule has 0 unspecified atom stereocenters. The van der Waals surface area contributed by atoms with E-state index < -0.39 is 0 Å². The summed E-state index contributed by atoms with van der Waals surface area (Å²) in [7, 11) is 0. The maximum absolute atomic E-state index is 5.85. The molecular weight excluding hydrogens is 194 g/mol. The molecule has 78 valence electrons. The molecule has 0 saturated heterocycles. The molecule has 1 atom stereocenters. The van der Waals surface area contributed by atoms with Crippen LogP contribution in [0.1, 0.15) is 31.7 Å². The van der Waals surface area contributed by atoms with Gasteiger partial charge < -0.3 is 5.73 Å². The zero-order valence-corrected chi connectivity index (χ0v) is 9.59. The molecular formula is C12H18ClN. The van der Waals surface area contributed by atoms with E-state index in [-0.39, 0.29) is 0 Å². The highest BCUT2D eigenvalue weighted by molar-refractivity contribution is 6.30. The molecule has 0 aromatic heterocycles. The predicted octanol–water partition coefficient (Wildman–Crippen LogP) is 3.43. The molecule has 14 heavy (non-hydrogen) atoms. The molecule has 1 aromatic rings. The highest BCUT2D eigenvalue weighted by Crippen LogP contribution is 2.28. The molecule has 0 bridgehead atoms. The van der Waals surface area contributed by atoms with Gasteiger partial charge in [-0.3, -0.25) is 0 Å². The van der Waals surface area contributed by atoms with Gasteiger partial charge in [0.05, 0.1) is 0 Å². The number of halogens is 1. The molecule has 0 aliphatic rings. The molecule has 2 heteroatoms. The van der Waals surface area contributed by atoms with E-state index in [1.54, 1.807) is 0 Å². The van der Waals surface area contributed by atoms with Gasteiger partial charge in [0, 0.05) is 5.02 Å². The molecule has 2 N–H and O–H groups in total. The van der Waals surface area contributed by atoms with E-state index in [0.717, 1.165) is 18.0 Å². The van der Waals surface area contributed by atoms with Crippen molar-refractivity contribution in [1.29, 1.82) is 0 Å². The summed E-state index contributed by atoms with van der Waals surface area (Å²) < 4.78 is 0. The maximum Gasteiger partial charge on any atom is 0.0406 e. The van der Waals surface area contributed by atoms with Gasteiger partial charge in [0.15, 0.2) is 0 Å².